The van der Waals surface area contributed by atoms with Crippen molar-refractivity contribution in [2.75, 3.05) is 26.9 Å². The maximum Gasteiger partial charge on any atom is 0.317 e. The Morgan fingerprint density at radius 3 is 1.34 bits per heavy atom. The lowest BCUT2D eigenvalue weighted by Crippen LogP contribution is -2.59. The van der Waals surface area contributed by atoms with Gasteiger partial charge in [0.15, 0.2) is 16.6 Å². The number of methoxy groups -OCH3 is 1. The quantitative estimate of drug-likeness (QED) is 0.202. The van der Waals surface area contributed by atoms with E-state index in [2.05, 4.69) is 72.0 Å². The third kappa shape index (κ3) is 17.1. The Labute approximate surface area is 186 Å². The lowest BCUT2D eigenvalue weighted by Gasteiger charge is -2.43. The molecule has 0 amide bonds. The number of ether oxygens (including phenoxy) is 2. The van der Waals surface area contributed by atoms with E-state index in [9.17, 15) is 0 Å². The van der Waals surface area contributed by atoms with Gasteiger partial charge in [-0.1, -0.05) is 0 Å². The van der Waals surface area contributed by atoms with Crippen LogP contribution < -0.4 is 0 Å². The molecule has 0 fully saturated rings. The Balaban J connectivity index is 5.11. The fourth-order valence-corrected chi connectivity index (χ4v) is 27.0. The van der Waals surface area contributed by atoms with Crippen molar-refractivity contribution in [2.24, 2.45) is 0 Å². The molecule has 11 heteroatoms. The lowest BCUT2D eigenvalue weighted by molar-refractivity contribution is 0.0690. The molecule has 0 rings (SSSR count). The second-order valence-corrected chi connectivity index (χ2v) is 30.7. The van der Waals surface area contributed by atoms with Crippen LogP contribution in [0.4, 0.5) is 0 Å². The molecule has 0 heterocycles. The molecule has 0 radical (unpaired) electrons. The first kappa shape index (κ1) is 29.8. The number of hydrogen-bond acceptors (Lipinski definition) is 6. The molecule has 0 aromatic heterocycles. The van der Waals surface area contributed by atoms with E-state index < -0.39 is 42.3 Å². The van der Waals surface area contributed by atoms with Gasteiger partial charge in [-0.3, -0.25) is 0 Å². The summed E-state index contributed by atoms with van der Waals surface area (Å²) in [7, 11) is -8.72. The molecule has 0 spiro atoms. The van der Waals surface area contributed by atoms with Gasteiger partial charge in [-0.15, -0.1) is 0 Å². The van der Waals surface area contributed by atoms with Crippen molar-refractivity contribution < 1.29 is 25.9 Å². The van der Waals surface area contributed by atoms with Gasteiger partial charge >= 0.3 is 25.7 Å². The van der Waals surface area contributed by atoms with Gasteiger partial charge in [-0.25, -0.2) is 0 Å². The van der Waals surface area contributed by atoms with Crippen LogP contribution in [0.3, 0.4) is 0 Å². The molecule has 0 unspecified atom stereocenters. The zero-order valence-corrected chi connectivity index (χ0v) is 26.2. The van der Waals surface area contributed by atoms with Crippen LogP contribution in [0.2, 0.25) is 78.1 Å². The van der Waals surface area contributed by atoms with Crippen molar-refractivity contribution >= 4 is 42.3 Å². The molecule has 176 valence electrons. The summed E-state index contributed by atoms with van der Waals surface area (Å²) in [6.07, 6.45) is 2.01. The first-order chi connectivity index (χ1) is 12.9. The highest BCUT2D eigenvalue weighted by molar-refractivity contribution is 6.90. The highest BCUT2D eigenvalue weighted by Gasteiger charge is 2.46. The largest absolute Gasteiger partial charge is 0.437 e. The Bertz CT molecular complexity index is 433. The molecule has 0 aromatic carbocycles. The van der Waals surface area contributed by atoms with Crippen molar-refractivity contribution in [3.63, 3.8) is 0 Å². The summed E-state index contributed by atoms with van der Waals surface area (Å²) in [6, 6.07) is 0.928. The van der Waals surface area contributed by atoms with Crippen molar-refractivity contribution in [3.05, 3.63) is 0 Å². The van der Waals surface area contributed by atoms with Crippen molar-refractivity contribution in [1.29, 1.82) is 0 Å². The summed E-state index contributed by atoms with van der Waals surface area (Å²) in [6.45, 7) is 26.1. The summed E-state index contributed by atoms with van der Waals surface area (Å²) >= 11 is 0. The maximum atomic E-state index is 6.77. The Morgan fingerprint density at radius 2 is 0.966 bits per heavy atom. The SMILES string of the molecule is COCCOCCCC[Si](C)(O[Si](C)(C)O[Si](C)(C)C)O[Si](C)(C)O[Si](C)(C)C. The number of unbranched alkanes of at least 4 members (excludes halogenated alkanes) is 1. The van der Waals surface area contributed by atoms with Gasteiger partial charge in [-0.2, -0.15) is 0 Å². The summed E-state index contributed by atoms with van der Waals surface area (Å²) in [5.41, 5.74) is 0. The van der Waals surface area contributed by atoms with E-state index in [-0.39, 0.29) is 0 Å². The van der Waals surface area contributed by atoms with Gasteiger partial charge in [0.05, 0.1) is 13.2 Å². The third-order valence-electron chi connectivity index (χ3n) is 3.63. The fraction of sp³-hybridized carbons (Fsp3) is 1.00. The normalized spacial score (nSPS) is 14.5. The van der Waals surface area contributed by atoms with Crippen molar-refractivity contribution in [3.8, 4) is 0 Å². The zero-order valence-electron chi connectivity index (χ0n) is 21.2. The molecule has 0 aromatic rings. The second kappa shape index (κ2) is 12.2. The average Bonchev–Trinajstić information content (AvgIpc) is 2.38. The van der Waals surface area contributed by atoms with Crippen LogP contribution in [0, 0.1) is 0 Å². The standard InChI is InChI=1S/C18H48O6Si5/c1-19-16-17-20-15-13-14-18-29(12,23-27(8,9)21-25(2,3)4)24-28(10,11)22-26(5,6)7/h13-18H2,1-12H3. The molecular weight excluding hydrogens is 453 g/mol. The predicted molar refractivity (Wildman–Crippen MR) is 134 cm³/mol. The molecule has 0 aliphatic heterocycles. The van der Waals surface area contributed by atoms with E-state index in [0.29, 0.717) is 13.2 Å². The Hall–Kier alpha value is 0.844. The molecule has 0 saturated carbocycles. The molecule has 0 saturated heterocycles. The third-order valence-corrected chi connectivity index (χ3v) is 21.1. The van der Waals surface area contributed by atoms with Gasteiger partial charge < -0.3 is 25.9 Å². The molecular formula is C18H48O6Si5. The smallest absolute Gasteiger partial charge is 0.317 e. The van der Waals surface area contributed by atoms with Gasteiger partial charge in [0.1, 0.15) is 0 Å². The summed E-state index contributed by atoms with van der Waals surface area (Å²) in [5, 5.41) is 0. The van der Waals surface area contributed by atoms with Crippen molar-refractivity contribution in [1.82, 2.24) is 0 Å². The monoisotopic (exact) mass is 500 g/mol. The molecule has 0 atom stereocenters. The van der Waals surface area contributed by atoms with Gasteiger partial charge in [0, 0.05) is 13.7 Å². The zero-order chi connectivity index (χ0) is 23.0. The van der Waals surface area contributed by atoms with Crippen LogP contribution in [0.5, 0.6) is 0 Å². The fourth-order valence-electron chi connectivity index (χ4n) is 3.57. The van der Waals surface area contributed by atoms with Crippen LogP contribution in [0.25, 0.3) is 0 Å². The molecule has 0 N–H and O–H groups in total. The minimum atomic E-state index is -2.46. The molecule has 0 bridgehead atoms. The predicted octanol–water partition coefficient (Wildman–Crippen LogP) is 5.64. The van der Waals surface area contributed by atoms with E-state index in [1.165, 1.54) is 0 Å². The summed E-state index contributed by atoms with van der Waals surface area (Å²) in [4.78, 5) is 0. The van der Waals surface area contributed by atoms with Crippen LogP contribution in [0.15, 0.2) is 0 Å². The minimum absolute atomic E-state index is 0.639. The van der Waals surface area contributed by atoms with Crippen LogP contribution in [-0.2, 0) is 25.9 Å². The first-order valence-corrected chi connectivity index (χ1v) is 25.7. The highest BCUT2D eigenvalue weighted by atomic mass is 28.5. The van der Waals surface area contributed by atoms with Crippen LogP contribution in [0.1, 0.15) is 12.8 Å². The lowest BCUT2D eigenvalue weighted by atomic mass is 10.4. The van der Waals surface area contributed by atoms with Gasteiger partial charge in [-0.05, 0) is 90.9 Å². The van der Waals surface area contributed by atoms with E-state index in [1.807, 2.05) is 0 Å². The van der Waals surface area contributed by atoms with E-state index in [4.69, 9.17) is 25.9 Å². The van der Waals surface area contributed by atoms with Gasteiger partial charge in [0.2, 0.25) is 0 Å². The molecule has 29 heavy (non-hydrogen) atoms. The van der Waals surface area contributed by atoms with Crippen LogP contribution in [-0.4, -0.2) is 69.2 Å². The summed E-state index contributed by atoms with van der Waals surface area (Å²) in [5.74, 6) is 0. The van der Waals surface area contributed by atoms with E-state index in [1.54, 1.807) is 7.11 Å². The average molecular weight is 501 g/mol. The Kier molecular flexibility index (Phi) is 12.5. The van der Waals surface area contributed by atoms with Crippen molar-refractivity contribution in [2.45, 2.75) is 90.9 Å². The Morgan fingerprint density at radius 1 is 0.517 bits per heavy atom. The number of rotatable bonds is 16. The molecule has 0 aliphatic rings. The van der Waals surface area contributed by atoms with E-state index >= 15 is 0 Å². The molecule has 6 nitrogen and oxygen atoms in total. The summed E-state index contributed by atoms with van der Waals surface area (Å²) < 4.78 is 37.1. The topological polar surface area (TPSA) is 55.4 Å². The highest BCUT2D eigenvalue weighted by Crippen LogP contribution is 2.29. The second-order valence-electron chi connectivity index (χ2n) is 10.6. The minimum Gasteiger partial charge on any atom is -0.437 e. The first-order valence-electron chi connectivity index (χ1n) is 10.8. The van der Waals surface area contributed by atoms with Crippen LogP contribution >= 0.6 is 0 Å². The maximum absolute atomic E-state index is 6.77. The van der Waals surface area contributed by atoms with Gasteiger partial charge in [0.25, 0.3) is 0 Å². The van der Waals surface area contributed by atoms with E-state index in [0.717, 1.165) is 25.5 Å². The number of hydrogen-bond donors (Lipinski definition) is 0. The molecule has 0 aliphatic carbocycles.